The van der Waals surface area contributed by atoms with Crippen molar-refractivity contribution >= 4 is 11.6 Å². The Balaban J connectivity index is 1.80. The lowest BCUT2D eigenvalue weighted by Crippen LogP contribution is -2.13. The summed E-state index contributed by atoms with van der Waals surface area (Å²) in [4.78, 5) is 16.9. The van der Waals surface area contributed by atoms with Crippen molar-refractivity contribution in [3.8, 4) is 28.9 Å². The minimum atomic E-state index is -0.325. The van der Waals surface area contributed by atoms with Crippen molar-refractivity contribution in [3.63, 3.8) is 0 Å². The molecule has 0 saturated carbocycles. The molecule has 0 aliphatic heterocycles. The average molecular weight is 380 g/mol. The topological polar surface area (TPSA) is 78.9 Å². The molecule has 3 rings (SSSR count). The van der Waals surface area contributed by atoms with E-state index in [9.17, 15) is 4.79 Å². The molecule has 0 saturated heterocycles. The van der Waals surface area contributed by atoms with Gasteiger partial charge in [-0.15, -0.1) is 0 Å². The normalized spacial score (nSPS) is 10.1. The van der Waals surface area contributed by atoms with E-state index in [2.05, 4.69) is 10.3 Å². The van der Waals surface area contributed by atoms with Gasteiger partial charge in [0, 0.05) is 11.8 Å². The van der Waals surface area contributed by atoms with Gasteiger partial charge in [0.05, 0.1) is 21.3 Å². The molecule has 7 heteroatoms. The van der Waals surface area contributed by atoms with Gasteiger partial charge in [0.15, 0.2) is 11.5 Å². The fraction of sp³-hybridized carbons (Fsp3) is 0.143. The van der Waals surface area contributed by atoms with Crippen LogP contribution >= 0.6 is 0 Å². The molecule has 3 aromatic rings. The third-order valence-corrected chi connectivity index (χ3v) is 3.94. The number of carbonyl (C=O) groups excluding carboxylic acids is 1. The molecule has 1 heterocycles. The number of hydrogen-bond donors (Lipinski definition) is 1. The Kier molecular flexibility index (Phi) is 5.96. The Hall–Kier alpha value is -3.74. The smallest absolute Gasteiger partial charge is 0.255 e. The van der Waals surface area contributed by atoms with E-state index < -0.39 is 0 Å². The Bertz CT molecular complexity index is 957. The molecule has 144 valence electrons. The molecule has 0 aliphatic rings. The second kappa shape index (κ2) is 8.77. The van der Waals surface area contributed by atoms with Crippen LogP contribution in [0.25, 0.3) is 0 Å². The molecule has 0 spiro atoms. The predicted octanol–water partition coefficient (Wildman–Crippen LogP) is 4.15. The summed E-state index contributed by atoms with van der Waals surface area (Å²) >= 11 is 0. The third kappa shape index (κ3) is 4.32. The fourth-order valence-electron chi connectivity index (χ4n) is 2.49. The summed E-state index contributed by atoms with van der Waals surface area (Å²) in [6.07, 6.45) is 1.59. The van der Waals surface area contributed by atoms with Crippen molar-refractivity contribution in [1.29, 1.82) is 0 Å². The maximum atomic E-state index is 12.7. The van der Waals surface area contributed by atoms with Crippen molar-refractivity contribution in [1.82, 2.24) is 4.98 Å². The van der Waals surface area contributed by atoms with Crippen LogP contribution in [0.3, 0.4) is 0 Å². The summed E-state index contributed by atoms with van der Waals surface area (Å²) in [5, 5.41) is 2.81. The maximum absolute atomic E-state index is 12.7. The van der Waals surface area contributed by atoms with E-state index in [1.807, 2.05) is 0 Å². The molecular formula is C21H20N2O5. The number of hydrogen-bond acceptors (Lipinski definition) is 6. The first-order valence-corrected chi connectivity index (χ1v) is 8.45. The standard InChI is InChI=1S/C21H20N2O5/c1-25-15-7-9-16(10-8-15)28-21-17(5-4-12-22-21)23-20(24)14-6-11-18(26-2)19(13-14)27-3/h4-13H,1-3H3,(H,23,24). The minimum Gasteiger partial charge on any atom is -0.497 e. The molecule has 0 fully saturated rings. The molecule has 0 aliphatic carbocycles. The van der Waals surface area contributed by atoms with E-state index in [0.717, 1.165) is 5.75 Å². The van der Waals surface area contributed by atoms with Crippen molar-refractivity contribution in [2.75, 3.05) is 26.6 Å². The summed E-state index contributed by atoms with van der Waals surface area (Å²) in [6.45, 7) is 0. The van der Waals surface area contributed by atoms with Crippen LogP contribution in [0.5, 0.6) is 28.9 Å². The second-order valence-corrected chi connectivity index (χ2v) is 5.66. The number of ether oxygens (including phenoxy) is 4. The number of aromatic nitrogens is 1. The van der Waals surface area contributed by atoms with Crippen molar-refractivity contribution in [3.05, 3.63) is 66.4 Å². The summed E-state index contributed by atoms with van der Waals surface area (Å²) in [7, 11) is 4.65. The lowest BCUT2D eigenvalue weighted by molar-refractivity contribution is 0.102. The van der Waals surface area contributed by atoms with Crippen LogP contribution in [0.4, 0.5) is 5.69 Å². The SMILES string of the molecule is COc1ccc(Oc2ncccc2NC(=O)c2ccc(OC)c(OC)c2)cc1. The number of nitrogens with one attached hydrogen (secondary N) is 1. The quantitative estimate of drug-likeness (QED) is 0.663. The van der Waals surface area contributed by atoms with Crippen LogP contribution in [-0.4, -0.2) is 32.2 Å². The maximum Gasteiger partial charge on any atom is 0.255 e. The van der Waals surface area contributed by atoms with Crippen molar-refractivity contribution in [2.24, 2.45) is 0 Å². The van der Waals surface area contributed by atoms with E-state index in [-0.39, 0.29) is 11.8 Å². The van der Waals surface area contributed by atoms with Crippen LogP contribution in [-0.2, 0) is 0 Å². The lowest BCUT2D eigenvalue weighted by Gasteiger charge is -2.12. The van der Waals surface area contributed by atoms with E-state index in [4.69, 9.17) is 18.9 Å². The molecule has 28 heavy (non-hydrogen) atoms. The number of nitrogens with zero attached hydrogens (tertiary/aromatic N) is 1. The third-order valence-electron chi connectivity index (χ3n) is 3.94. The zero-order valence-corrected chi connectivity index (χ0v) is 15.8. The van der Waals surface area contributed by atoms with Crippen LogP contribution in [0.1, 0.15) is 10.4 Å². The molecule has 1 N–H and O–H groups in total. The van der Waals surface area contributed by atoms with E-state index in [1.165, 1.54) is 14.2 Å². The first-order chi connectivity index (χ1) is 13.6. The van der Waals surface area contributed by atoms with Gasteiger partial charge in [0.2, 0.25) is 5.88 Å². The van der Waals surface area contributed by atoms with Crippen molar-refractivity contribution in [2.45, 2.75) is 0 Å². The zero-order valence-electron chi connectivity index (χ0n) is 15.8. The summed E-state index contributed by atoms with van der Waals surface area (Å²) in [6, 6.07) is 15.4. The highest BCUT2D eigenvalue weighted by atomic mass is 16.5. The Morgan fingerprint density at radius 1 is 0.857 bits per heavy atom. The molecule has 0 radical (unpaired) electrons. The summed E-state index contributed by atoms with van der Waals surface area (Å²) in [5.74, 6) is 2.26. The van der Waals surface area contributed by atoms with Gasteiger partial charge in [-0.25, -0.2) is 4.98 Å². The van der Waals surface area contributed by atoms with Gasteiger partial charge in [-0.1, -0.05) is 0 Å². The van der Waals surface area contributed by atoms with Gasteiger partial charge in [-0.05, 0) is 54.6 Å². The molecule has 1 amide bonds. The van der Waals surface area contributed by atoms with E-state index >= 15 is 0 Å². The Morgan fingerprint density at radius 3 is 2.25 bits per heavy atom. The molecule has 2 aromatic carbocycles. The highest BCUT2D eigenvalue weighted by molar-refractivity contribution is 6.05. The van der Waals surface area contributed by atoms with E-state index in [0.29, 0.717) is 28.5 Å². The summed E-state index contributed by atoms with van der Waals surface area (Å²) < 4.78 is 21.4. The molecule has 7 nitrogen and oxygen atoms in total. The van der Waals surface area contributed by atoms with Crippen LogP contribution in [0, 0.1) is 0 Å². The minimum absolute atomic E-state index is 0.279. The van der Waals surface area contributed by atoms with Gasteiger partial charge in [-0.2, -0.15) is 0 Å². The molecule has 0 unspecified atom stereocenters. The van der Waals surface area contributed by atoms with Gasteiger partial charge in [0.1, 0.15) is 17.2 Å². The van der Waals surface area contributed by atoms with Gasteiger partial charge in [0.25, 0.3) is 5.91 Å². The Labute approximate surface area is 162 Å². The zero-order chi connectivity index (χ0) is 19.9. The number of anilines is 1. The number of carbonyl (C=O) groups is 1. The first-order valence-electron chi connectivity index (χ1n) is 8.45. The second-order valence-electron chi connectivity index (χ2n) is 5.66. The van der Waals surface area contributed by atoms with Crippen molar-refractivity contribution < 1.29 is 23.7 Å². The summed E-state index contributed by atoms with van der Waals surface area (Å²) in [5.41, 5.74) is 0.856. The predicted molar refractivity (Wildman–Crippen MR) is 105 cm³/mol. The van der Waals surface area contributed by atoms with Crippen LogP contribution in [0.15, 0.2) is 60.8 Å². The molecule has 0 atom stereocenters. The highest BCUT2D eigenvalue weighted by Crippen LogP contribution is 2.30. The highest BCUT2D eigenvalue weighted by Gasteiger charge is 2.14. The fourth-order valence-corrected chi connectivity index (χ4v) is 2.49. The van der Waals surface area contributed by atoms with Gasteiger partial charge >= 0.3 is 0 Å². The number of rotatable bonds is 7. The van der Waals surface area contributed by atoms with Crippen LogP contribution < -0.4 is 24.3 Å². The first kappa shape index (κ1) is 19.0. The lowest BCUT2D eigenvalue weighted by atomic mass is 10.2. The van der Waals surface area contributed by atoms with Gasteiger partial charge < -0.3 is 24.3 Å². The van der Waals surface area contributed by atoms with Crippen LogP contribution in [0.2, 0.25) is 0 Å². The number of methoxy groups -OCH3 is 3. The number of amides is 1. The monoisotopic (exact) mass is 380 g/mol. The average Bonchev–Trinajstić information content (AvgIpc) is 2.75. The molecular weight excluding hydrogens is 360 g/mol. The molecule has 0 bridgehead atoms. The largest absolute Gasteiger partial charge is 0.497 e. The Morgan fingerprint density at radius 2 is 1.57 bits per heavy atom. The molecule has 1 aromatic heterocycles. The van der Waals surface area contributed by atoms with E-state index in [1.54, 1.807) is 67.9 Å². The number of pyridine rings is 1. The van der Waals surface area contributed by atoms with Gasteiger partial charge in [-0.3, -0.25) is 4.79 Å². The number of benzene rings is 2.